The van der Waals surface area contributed by atoms with Gasteiger partial charge in [-0.15, -0.1) is 5.10 Å². The van der Waals surface area contributed by atoms with Crippen molar-refractivity contribution in [3.63, 3.8) is 0 Å². The second-order valence-corrected chi connectivity index (χ2v) is 3.97. The number of nitro benzene ring substituents is 1. The van der Waals surface area contributed by atoms with E-state index in [1.54, 1.807) is 24.5 Å². The number of aromatic nitrogens is 1. The number of nitrogens with two attached hydrogens (primary N) is 1. The van der Waals surface area contributed by atoms with Gasteiger partial charge in [0.05, 0.1) is 11.1 Å². The van der Waals surface area contributed by atoms with E-state index < -0.39 is 4.92 Å². The van der Waals surface area contributed by atoms with Crippen molar-refractivity contribution < 1.29 is 10.0 Å². The van der Waals surface area contributed by atoms with Gasteiger partial charge in [0, 0.05) is 35.7 Å². The minimum absolute atomic E-state index is 0.137. The van der Waals surface area contributed by atoms with Crippen molar-refractivity contribution >= 4 is 17.7 Å². The molecule has 8 nitrogen and oxygen atoms in total. The van der Waals surface area contributed by atoms with Crippen LogP contribution in [0.3, 0.4) is 0 Å². The molecule has 0 spiro atoms. The molecule has 8 heteroatoms. The summed E-state index contributed by atoms with van der Waals surface area (Å²) in [6, 6.07) is 6.94. The molecule has 0 atom stereocenters. The van der Waals surface area contributed by atoms with Crippen LogP contribution < -0.4 is 5.73 Å². The molecule has 1 aromatic carbocycles. The van der Waals surface area contributed by atoms with E-state index in [9.17, 15) is 15.2 Å². The van der Waals surface area contributed by atoms with Gasteiger partial charge in [-0.2, -0.15) is 5.10 Å². The van der Waals surface area contributed by atoms with Gasteiger partial charge in [0.25, 0.3) is 5.69 Å². The first-order chi connectivity index (χ1) is 10.1. The summed E-state index contributed by atoms with van der Waals surface area (Å²) in [4.78, 5) is 13.9. The van der Waals surface area contributed by atoms with Gasteiger partial charge >= 0.3 is 0 Å². The van der Waals surface area contributed by atoms with E-state index in [2.05, 4.69) is 15.2 Å². The summed E-state index contributed by atoms with van der Waals surface area (Å²) in [7, 11) is 0. The Kier molecular flexibility index (Phi) is 4.20. The molecule has 0 saturated heterocycles. The van der Waals surface area contributed by atoms with Crippen molar-refractivity contribution in [1.29, 1.82) is 0 Å². The quantitative estimate of drug-likeness (QED) is 0.380. The third kappa shape index (κ3) is 3.60. The number of amidine groups is 1. The van der Waals surface area contributed by atoms with Gasteiger partial charge in [-0.1, -0.05) is 0 Å². The normalized spacial score (nSPS) is 11.7. The number of phenols is 1. The first-order valence-electron chi connectivity index (χ1n) is 5.82. The molecule has 106 valence electrons. The van der Waals surface area contributed by atoms with Crippen LogP contribution in [0.1, 0.15) is 11.1 Å². The minimum atomic E-state index is -0.564. The van der Waals surface area contributed by atoms with Gasteiger partial charge in [0.1, 0.15) is 5.75 Å². The van der Waals surface area contributed by atoms with Crippen molar-refractivity contribution in [2.45, 2.75) is 0 Å². The Balaban J connectivity index is 2.22. The lowest BCUT2D eigenvalue weighted by atomic mass is 10.2. The maximum absolute atomic E-state index is 10.7. The van der Waals surface area contributed by atoms with Crippen LogP contribution in [0.4, 0.5) is 5.69 Å². The van der Waals surface area contributed by atoms with Crippen LogP contribution in [-0.2, 0) is 0 Å². The Morgan fingerprint density at radius 3 is 2.71 bits per heavy atom. The van der Waals surface area contributed by atoms with E-state index in [4.69, 9.17) is 5.73 Å². The lowest BCUT2D eigenvalue weighted by molar-refractivity contribution is -0.384. The first-order valence-corrected chi connectivity index (χ1v) is 5.82. The summed E-state index contributed by atoms with van der Waals surface area (Å²) < 4.78 is 0. The summed E-state index contributed by atoms with van der Waals surface area (Å²) in [5.41, 5.74) is 6.38. The van der Waals surface area contributed by atoms with E-state index >= 15 is 0 Å². The molecule has 1 heterocycles. The highest BCUT2D eigenvalue weighted by Gasteiger charge is 2.08. The Hall–Kier alpha value is -3.29. The third-order valence-corrected chi connectivity index (χ3v) is 2.56. The Labute approximate surface area is 119 Å². The second-order valence-electron chi connectivity index (χ2n) is 3.97. The lowest BCUT2D eigenvalue weighted by Crippen LogP contribution is -2.12. The average Bonchev–Trinajstić information content (AvgIpc) is 2.49. The molecule has 2 aromatic rings. The molecule has 1 aromatic heterocycles. The van der Waals surface area contributed by atoms with Crippen LogP contribution in [0.15, 0.2) is 52.9 Å². The molecular weight excluding hydrogens is 274 g/mol. The molecule has 21 heavy (non-hydrogen) atoms. The van der Waals surface area contributed by atoms with E-state index in [0.29, 0.717) is 5.56 Å². The molecule has 0 bridgehead atoms. The van der Waals surface area contributed by atoms with Crippen LogP contribution in [-0.4, -0.2) is 27.1 Å². The molecule has 0 aliphatic heterocycles. The van der Waals surface area contributed by atoms with Gasteiger partial charge in [0.2, 0.25) is 0 Å². The molecule has 0 amide bonds. The van der Waals surface area contributed by atoms with Gasteiger partial charge in [-0.25, -0.2) is 0 Å². The zero-order chi connectivity index (χ0) is 15.2. The number of hydrogen-bond donors (Lipinski definition) is 2. The van der Waals surface area contributed by atoms with Crippen LogP contribution in [0.25, 0.3) is 0 Å². The van der Waals surface area contributed by atoms with Crippen molar-refractivity contribution in [3.8, 4) is 5.75 Å². The molecule has 2 rings (SSSR count). The van der Waals surface area contributed by atoms with Crippen LogP contribution in [0, 0.1) is 10.1 Å². The maximum atomic E-state index is 10.7. The number of phenolic OH excluding ortho intramolecular Hbond substituents is 1. The lowest BCUT2D eigenvalue weighted by Gasteiger charge is -1.98. The number of pyridine rings is 1. The Morgan fingerprint density at radius 2 is 2.05 bits per heavy atom. The van der Waals surface area contributed by atoms with E-state index in [-0.39, 0.29) is 22.8 Å². The van der Waals surface area contributed by atoms with Crippen LogP contribution >= 0.6 is 0 Å². The monoisotopic (exact) mass is 285 g/mol. The van der Waals surface area contributed by atoms with E-state index in [1.807, 2.05) is 0 Å². The highest BCUT2D eigenvalue weighted by molar-refractivity contribution is 5.97. The molecule has 0 unspecified atom stereocenters. The highest BCUT2D eigenvalue weighted by Crippen LogP contribution is 2.21. The number of benzene rings is 1. The standard InChI is InChI=1S/C13H11N5O3/c14-13(9-3-5-15-6-4-9)17-16-8-10-7-11(18(20)21)1-2-12(10)19/h1-8,19H,(H2,14,17)/b16-8+. The summed E-state index contributed by atoms with van der Waals surface area (Å²) in [6.07, 6.45) is 4.32. The van der Waals surface area contributed by atoms with Crippen LogP contribution in [0.5, 0.6) is 5.75 Å². The van der Waals surface area contributed by atoms with Crippen LogP contribution in [0.2, 0.25) is 0 Å². The Morgan fingerprint density at radius 1 is 1.33 bits per heavy atom. The number of hydrogen-bond acceptors (Lipinski definition) is 6. The molecule has 0 radical (unpaired) electrons. The van der Waals surface area contributed by atoms with E-state index in [1.165, 1.54) is 24.4 Å². The number of aromatic hydroxyl groups is 1. The number of rotatable bonds is 4. The molecule has 0 aliphatic rings. The Bertz CT molecular complexity index is 713. The van der Waals surface area contributed by atoms with Crippen molar-refractivity contribution in [3.05, 3.63) is 64.0 Å². The summed E-state index contributed by atoms with van der Waals surface area (Å²) >= 11 is 0. The fourth-order valence-electron chi connectivity index (χ4n) is 1.49. The van der Waals surface area contributed by atoms with Gasteiger partial charge in [-0.3, -0.25) is 15.1 Å². The molecular formula is C13H11N5O3. The fourth-order valence-corrected chi connectivity index (χ4v) is 1.49. The number of non-ortho nitro benzene ring substituents is 1. The zero-order valence-electron chi connectivity index (χ0n) is 10.7. The number of nitro groups is 1. The van der Waals surface area contributed by atoms with Gasteiger partial charge < -0.3 is 10.8 Å². The summed E-state index contributed by atoms with van der Waals surface area (Å²) in [6.45, 7) is 0. The van der Waals surface area contributed by atoms with E-state index in [0.717, 1.165) is 0 Å². The molecule has 0 fully saturated rings. The smallest absolute Gasteiger partial charge is 0.270 e. The third-order valence-electron chi connectivity index (χ3n) is 2.56. The molecule has 3 N–H and O–H groups in total. The topological polar surface area (TPSA) is 127 Å². The summed E-state index contributed by atoms with van der Waals surface area (Å²) in [5, 5.41) is 27.7. The van der Waals surface area contributed by atoms with Crippen molar-refractivity contribution in [2.24, 2.45) is 15.9 Å². The zero-order valence-corrected chi connectivity index (χ0v) is 10.7. The predicted octanol–water partition coefficient (Wildman–Crippen LogP) is 1.43. The average molecular weight is 285 g/mol. The number of nitrogens with zero attached hydrogens (tertiary/aromatic N) is 4. The molecule has 0 saturated carbocycles. The fraction of sp³-hybridized carbons (Fsp3) is 0. The maximum Gasteiger partial charge on any atom is 0.270 e. The van der Waals surface area contributed by atoms with Crippen molar-refractivity contribution in [2.75, 3.05) is 0 Å². The van der Waals surface area contributed by atoms with Crippen molar-refractivity contribution in [1.82, 2.24) is 4.98 Å². The second kappa shape index (κ2) is 6.24. The van der Waals surface area contributed by atoms with Gasteiger partial charge in [0.15, 0.2) is 5.84 Å². The van der Waals surface area contributed by atoms with Gasteiger partial charge in [-0.05, 0) is 18.2 Å². The summed E-state index contributed by atoms with van der Waals surface area (Å²) in [5.74, 6) is 0.0283. The molecule has 0 aliphatic carbocycles. The largest absolute Gasteiger partial charge is 0.507 e. The SMILES string of the molecule is N/C(=N\N=C\c1cc([N+](=O)[O-])ccc1O)c1ccncc1. The minimum Gasteiger partial charge on any atom is -0.507 e. The predicted molar refractivity (Wildman–Crippen MR) is 77.3 cm³/mol. The highest BCUT2D eigenvalue weighted by atomic mass is 16.6. The first kappa shape index (κ1) is 14.1.